The molecule has 2 N–H and O–H groups in total. The number of piperazine rings is 1. The maximum absolute atomic E-state index is 13.1. The Kier molecular flexibility index (Phi) is 4.78. The minimum absolute atomic E-state index is 0.209. The second-order valence-electron chi connectivity index (χ2n) is 6.28. The van der Waals surface area contributed by atoms with E-state index in [0.29, 0.717) is 5.92 Å². The molecule has 0 aliphatic carbocycles. The number of nitrogens with two attached hydrogens (primary N) is 1. The molecule has 4 heteroatoms. The summed E-state index contributed by atoms with van der Waals surface area (Å²) in [6.07, 6.45) is 0. The van der Waals surface area contributed by atoms with Gasteiger partial charge in [-0.25, -0.2) is 4.39 Å². The van der Waals surface area contributed by atoms with Gasteiger partial charge in [-0.2, -0.15) is 0 Å². The number of hydrogen-bond donors (Lipinski definition) is 1. The molecule has 0 bridgehead atoms. The molecule has 0 amide bonds. The van der Waals surface area contributed by atoms with Gasteiger partial charge in [0.15, 0.2) is 0 Å². The van der Waals surface area contributed by atoms with Gasteiger partial charge in [0.2, 0.25) is 0 Å². The van der Waals surface area contributed by atoms with Crippen LogP contribution in [0, 0.1) is 11.7 Å². The molecule has 112 valence electrons. The van der Waals surface area contributed by atoms with E-state index < -0.39 is 5.54 Å². The molecule has 1 aliphatic heterocycles. The summed E-state index contributed by atoms with van der Waals surface area (Å²) in [5.41, 5.74) is 7.29. The van der Waals surface area contributed by atoms with E-state index in [-0.39, 0.29) is 5.82 Å². The average molecular weight is 279 g/mol. The Bertz CT molecular complexity index is 424. The van der Waals surface area contributed by atoms with E-state index in [1.807, 2.05) is 12.1 Å². The van der Waals surface area contributed by atoms with Crippen LogP contribution < -0.4 is 5.73 Å². The van der Waals surface area contributed by atoms with E-state index >= 15 is 0 Å². The van der Waals surface area contributed by atoms with E-state index in [4.69, 9.17) is 5.73 Å². The highest BCUT2D eigenvalue weighted by Crippen LogP contribution is 2.28. The fourth-order valence-corrected chi connectivity index (χ4v) is 2.74. The van der Waals surface area contributed by atoms with Gasteiger partial charge in [0.25, 0.3) is 0 Å². The minimum atomic E-state index is -0.427. The molecule has 1 fully saturated rings. The van der Waals surface area contributed by atoms with Gasteiger partial charge in [-0.15, -0.1) is 0 Å². The molecule has 0 radical (unpaired) electrons. The third-order valence-corrected chi connectivity index (χ3v) is 4.49. The first-order valence-corrected chi connectivity index (χ1v) is 7.37. The van der Waals surface area contributed by atoms with Gasteiger partial charge in [-0.05, 0) is 30.7 Å². The van der Waals surface area contributed by atoms with Crippen LogP contribution >= 0.6 is 0 Å². The first-order chi connectivity index (χ1) is 9.41. The molecule has 1 saturated heterocycles. The fraction of sp³-hybridized carbons (Fsp3) is 0.625. The highest BCUT2D eigenvalue weighted by molar-refractivity contribution is 5.26. The topological polar surface area (TPSA) is 32.5 Å². The number of likely N-dealkylation sites (N-methyl/N-ethyl adjacent to an activating group) is 1. The van der Waals surface area contributed by atoms with Crippen LogP contribution in [0.2, 0.25) is 0 Å². The predicted molar refractivity (Wildman–Crippen MR) is 81.0 cm³/mol. The lowest BCUT2D eigenvalue weighted by Crippen LogP contribution is -2.55. The van der Waals surface area contributed by atoms with Crippen LogP contribution in [0.1, 0.15) is 19.4 Å². The molecule has 1 aliphatic rings. The summed E-state index contributed by atoms with van der Waals surface area (Å²) in [5.74, 6) is 0.0899. The van der Waals surface area contributed by atoms with Crippen LogP contribution in [0.5, 0.6) is 0 Å². The summed E-state index contributed by atoms with van der Waals surface area (Å²) in [6.45, 7) is 9.35. The second kappa shape index (κ2) is 6.20. The van der Waals surface area contributed by atoms with Gasteiger partial charge in [0, 0.05) is 32.7 Å². The third-order valence-electron chi connectivity index (χ3n) is 4.49. The zero-order valence-electron chi connectivity index (χ0n) is 12.8. The second-order valence-corrected chi connectivity index (χ2v) is 6.28. The molecule has 20 heavy (non-hydrogen) atoms. The third kappa shape index (κ3) is 3.37. The Morgan fingerprint density at radius 3 is 2.20 bits per heavy atom. The van der Waals surface area contributed by atoms with Crippen molar-refractivity contribution < 1.29 is 4.39 Å². The van der Waals surface area contributed by atoms with E-state index in [1.54, 1.807) is 0 Å². The molecule has 1 aromatic carbocycles. The van der Waals surface area contributed by atoms with Crippen LogP contribution in [-0.2, 0) is 5.54 Å². The molecular formula is C16H26FN3. The summed E-state index contributed by atoms with van der Waals surface area (Å²) in [7, 11) is 2.15. The van der Waals surface area contributed by atoms with Crippen molar-refractivity contribution in [1.29, 1.82) is 0 Å². The van der Waals surface area contributed by atoms with Gasteiger partial charge < -0.3 is 10.6 Å². The van der Waals surface area contributed by atoms with E-state index in [2.05, 4.69) is 30.7 Å². The van der Waals surface area contributed by atoms with Crippen molar-refractivity contribution in [1.82, 2.24) is 9.80 Å². The van der Waals surface area contributed by atoms with Crippen LogP contribution in [-0.4, -0.2) is 49.6 Å². The standard InChI is InChI=1S/C16H26FN3/c1-13(2)16(18,14-4-6-15(17)7-5-14)12-20-10-8-19(3)9-11-20/h4-7,13H,8-12,18H2,1-3H3. The van der Waals surface area contributed by atoms with Gasteiger partial charge in [-0.3, -0.25) is 4.90 Å². The maximum Gasteiger partial charge on any atom is 0.123 e. The number of halogens is 1. The molecule has 1 unspecified atom stereocenters. The number of rotatable bonds is 4. The van der Waals surface area contributed by atoms with Gasteiger partial charge in [-0.1, -0.05) is 26.0 Å². The summed E-state index contributed by atoms with van der Waals surface area (Å²) < 4.78 is 13.1. The molecule has 0 saturated carbocycles. The van der Waals surface area contributed by atoms with Crippen molar-refractivity contribution in [2.75, 3.05) is 39.8 Å². The number of hydrogen-bond acceptors (Lipinski definition) is 3. The van der Waals surface area contributed by atoms with Gasteiger partial charge in [0.1, 0.15) is 5.82 Å². The van der Waals surface area contributed by atoms with Crippen molar-refractivity contribution in [2.24, 2.45) is 11.7 Å². The van der Waals surface area contributed by atoms with E-state index in [1.165, 1.54) is 12.1 Å². The lowest BCUT2D eigenvalue weighted by Gasteiger charge is -2.41. The van der Waals surface area contributed by atoms with Crippen LogP contribution in [0.4, 0.5) is 4.39 Å². The molecule has 1 heterocycles. The van der Waals surface area contributed by atoms with Gasteiger partial charge in [0.05, 0.1) is 5.54 Å². The number of benzene rings is 1. The maximum atomic E-state index is 13.1. The first-order valence-electron chi connectivity index (χ1n) is 7.37. The predicted octanol–water partition coefficient (Wildman–Crippen LogP) is 1.88. The quantitative estimate of drug-likeness (QED) is 0.913. The molecule has 1 atom stereocenters. The summed E-state index contributed by atoms with van der Waals surface area (Å²) in [6, 6.07) is 6.66. The Balaban J connectivity index is 2.15. The largest absolute Gasteiger partial charge is 0.320 e. The van der Waals surface area contributed by atoms with Crippen molar-refractivity contribution in [3.8, 4) is 0 Å². The van der Waals surface area contributed by atoms with Crippen LogP contribution in [0.3, 0.4) is 0 Å². The highest BCUT2D eigenvalue weighted by Gasteiger charge is 2.34. The van der Waals surface area contributed by atoms with Crippen LogP contribution in [0.25, 0.3) is 0 Å². The van der Waals surface area contributed by atoms with Crippen LogP contribution in [0.15, 0.2) is 24.3 Å². The first kappa shape index (κ1) is 15.4. The average Bonchev–Trinajstić information content (AvgIpc) is 2.42. The Morgan fingerprint density at radius 1 is 1.15 bits per heavy atom. The zero-order chi connectivity index (χ0) is 14.8. The number of nitrogens with zero attached hydrogens (tertiary/aromatic N) is 2. The Hall–Kier alpha value is -0.970. The van der Waals surface area contributed by atoms with E-state index in [0.717, 1.165) is 38.3 Å². The Labute approximate surface area is 121 Å². The Morgan fingerprint density at radius 2 is 1.70 bits per heavy atom. The lowest BCUT2D eigenvalue weighted by atomic mass is 9.80. The molecule has 2 rings (SSSR count). The van der Waals surface area contributed by atoms with Crippen molar-refractivity contribution in [3.63, 3.8) is 0 Å². The minimum Gasteiger partial charge on any atom is -0.320 e. The summed E-state index contributed by atoms with van der Waals surface area (Å²) in [4.78, 5) is 4.76. The summed E-state index contributed by atoms with van der Waals surface area (Å²) in [5, 5.41) is 0. The van der Waals surface area contributed by atoms with Crippen molar-refractivity contribution >= 4 is 0 Å². The lowest BCUT2D eigenvalue weighted by molar-refractivity contribution is 0.110. The molecule has 0 aromatic heterocycles. The molecule has 0 spiro atoms. The monoisotopic (exact) mass is 279 g/mol. The molecular weight excluding hydrogens is 253 g/mol. The van der Waals surface area contributed by atoms with Crippen molar-refractivity contribution in [2.45, 2.75) is 19.4 Å². The van der Waals surface area contributed by atoms with Gasteiger partial charge >= 0.3 is 0 Å². The van der Waals surface area contributed by atoms with E-state index in [9.17, 15) is 4.39 Å². The van der Waals surface area contributed by atoms with Crippen molar-refractivity contribution in [3.05, 3.63) is 35.6 Å². The molecule has 1 aromatic rings. The normalized spacial score (nSPS) is 21.1. The molecule has 3 nitrogen and oxygen atoms in total. The summed E-state index contributed by atoms with van der Waals surface area (Å²) >= 11 is 0. The fourth-order valence-electron chi connectivity index (χ4n) is 2.74. The zero-order valence-corrected chi connectivity index (χ0v) is 12.8. The SMILES string of the molecule is CC(C)C(N)(CN1CCN(C)CC1)c1ccc(F)cc1. The highest BCUT2D eigenvalue weighted by atomic mass is 19.1. The smallest absolute Gasteiger partial charge is 0.123 e.